The van der Waals surface area contributed by atoms with E-state index in [0.29, 0.717) is 11.8 Å². The molecule has 2 atom stereocenters. The molecule has 0 aliphatic heterocycles. The van der Waals surface area contributed by atoms with E-state index >= 15 is 0 Å². The molecule has 1 aliphatic carbocycles. The minimum absolute atomic E-state index is 0.157. The van der Waals surface area contributed by atoms with E-state index in [-0.39, 0.29) is 22.3 Å². The largest absolute Gasteiger partial charge is 0.392 e. The second kappa shape index (κ2) is 3.73. The summed E-state index contributed by atoms with van der Waals surface area (Å²) in [5.74, 6) is 0.850. The zero-order valence-electron chi connectivity index (χ0n) is 12.4. The summed E-state index contributed by atoms with van der Waals surface area (Å²) in [4.78, 5) is 0. The van der Waals surface area contributed by atoms with Crippen molar-refractivity contribution < 1.29 is 5.11 Å². The third-order valence-corrected chi connectivity index (χ3v) is 5.44. The molecule has 1 saturated carbocycles. The standard InChI is InChI=1S/C15H30O/c1-9-10(13(2,3)4)11(16)12-14(5,6)15(12,7)8/h10-12,16H,9H2,1-8H3. The van der Waals surface area contributed by atoms with Gasteiger partial charge in [-0.1, -0.05) is 61.8 Å². The summed E-state index contributed by atoms with van der Waals surface area (Å²) in [5.41, 5.74) is 0.763. The van der Waals surface area contributed by atoms with E-state index < -0.39 is 0 Å². The lowest BCUT2D eigenvalue weighted by Crippen LogP contribution is -2.34. The number of hydrogen-bond acceptors (Lipinski definition) is 1. The SMILES string of the molecule is CCC(C(O)C1C(C)(C)C1(C)C)C(C)(C)C. The number of aliphatic hydroxyl groups is 1. The molecule has 1 N–H and O–H groups in total. The van der Waals surface area contributed by atoms with Crippen LogP contribution in [0.2, 0.25) is 0 Å². The van der Waals surface area contributed by atoms with Crippen molar-refractivity contribution in [2.24, 2.45) is 28.1 Å². The first-order valence-corrected chi connectivity index (χ1v) is 6.66. The lowest BCUT2D eigenvalue weighted by Gasteiger charge is -2.35. The fourth-order valence-electron chi connectivity index (χ4n) is 3.70. The molecule has 0 radical (unpaired) electrons. The third-order valence-electron chi connectivity index (χ3n) is 5.44. The normalized spacial score (nSPS) is 27.6. The van der Waals surface area contributed by atoms with Gasteiger partial charge in [0.15, 0.2) is 0 Å². The highest BCUT2D eigenvalue weighted by Gasteiger charge is 2.68. The van der Waals surface area contributed by atoms with Crippen molar-refractivity contribution >= 4 is 0 Å². The maximum absolute atomic E-state index is 10.7. The average molecular weight is 226 g/mol. The average Bonchev–Trinajstić information content (AvgIpc) is 2.40. The van der Waals surface area contributed by atoms with Crippen molar-refractivity contribution in [2.45, 2.75) is 67.9 Å². The van der Waals surface area contributed by atoms with E-state index in [9.17, 15) is 5.11 Å². The van der Waals surface area contributed by atoms with Crippen LogP contribution in [-0.2, 0) is 0 Å². The molecule has 1 fully saturated rings. The van der Waals surface area contributed by atoms with Gasteiger partial charge in [-0.2, -0.15) is 0 Å². The second-order valence-electron chi connectivity index (χ2n) is 7.79. The summed E-state index contributed by atoms with van der Waals surface area (Å²) >= 11 is 0. The van der Waals surface area contributed by atoms with Crippen LogP contribution >= 0.6 is 0 Å². The molecule has 0 aromatic carbocycles. The van der Waals surface area contributed by atoms with Crippen LogP contribution in [0.5, 0.6) is 0 Å². The van der Waals surface area contributed by atoms with Crippen LogP contribution in [0, 0.1) is 28.1 Å². The Morgan fingerprint density at radius 2 is 1.44 bits per heavy atom. The van der Waals surface area contributed by atoms with Crippen LogP contribution in [0.1, 0.15) is 61.8 Å². The van der Waals surface area contributed by atoms with Gasteiger partial charge >= 0.3 is 0 Å². The fourth-order valence-corrected chi connectivity index (χ4v) is 3.70. The molecule has 16 heavy (non-hydrogen) atoms. The Morgan fingerprint density at radius 1 is 1.06 bits per heavy atom. The minimum Gasteiger partial charge on any atom is -0.392 e. The summed E-state index contributed by atoms with van der Waals surface area (Å²) in [7, 11) is 0. The Hall–Kier alpha value is -0.0400. The summed E-state index contributed by atoms with van der Waals surface area (Å²) < 4.78 is 0. The van der Waals surface area contributed by atoms with Gasteiger partial charge in [-0.25, -0.2) is 0 Å². The van der Waals surface area contributed by atoms with Gasteiger partial charge < -0.3 is 5.11 Å². The van der Waals surface area contributed by atoms with Gasteiger partial charge in [0, 0.05) is 0 Å². The monoisotopic (exact) mass is 226 g/mol. The highest BCUT2D eigenvalue weighted by molar-refractivity contribution is 5.16. The van der Waals surface area contributed by atoms with Crippen LogP contribution in [0.3, 0.4) is 0 Å². The molecule has 0 aromatic heterocycles. The number of hydrogen-bond donors (Lipinski definition) is 1. The van der Waals surface area contributed by atoms with E-state index in [0.717, 1.165) is 6.42 Å². The first-order chi connectivity index (χ1) is 6.98. The van der Waals surface area contributed by atoms with E-state index in [1.54, 1.807) is 0 Å². The molecule has 0 spiro atoms. The van der Waals surface area contributed by atoms with Crippen molar-refractivity contribution in [1.29, 1.82) is 0 Å². The highest BCUT2D eigenvalue weighted by atomic mass is 16.3. The van der Waals surface area contributed by atoms with Gasteiger partial charge in [-0.15, -0.1) is 0 Å². The summed E-state index contributed by atoms with van der Waals surface area (Å²) in [6.45, 7) is 18.1. The summed E-state index contributed by atoms with van der Waals surface area (Å²) in [5, 5.41) is 10.7. The number of aliphatic hydroxyl groups excluding tert-OH is 1. The fraction of sp³-hybridized carbons (Fsp3) is 1.00. The van der Waals surface area contributed by atoms with E-state index in [1.807, 2.05) is 0 Å². The molecule has 2 unspecified atom stereocenters. The molecule has 0 heterocycles. The Morgan fingerprint density at radius 3 is 1.62 bits per heavy atom. The molecule has 1 aliphatic rings. The summed E-state index contributed by atoms with van der Waals surface area (Å²) in [6.07, 6.45) is 0.905. The predicted octanol–water partition coefficient (Wildman–Crippen LogP) is 4.10. The molecule has 0 bridgehead atoms. The zero-order chi connectivity index (χ0) is 12.9. The molecule has 1 nitrogen and oxygen atoms in total. The maximum Gasteiger partial charge on any atom is 0.0612 e. The number of rotatable bonds is 3. The third kappa shape index (κ3) is 1.92. The molecule has 96 valence electrons. The van der Waals surface area contributed by atoms with Gasteiger partial charge in [0.25, 0.3) is 0 Å². The van der Waals surface area contributed by atoms with Crippen LogP contribution in [0.4, 0.5) is 0 Å². The van der Waals surface area contributed by atoms with Crippen LogP contribution in [0.25, 0.3) is 0 Å². The molecule has 1 heteroatoms. The van der Waals surface area contributed by atoms with Crippen molar-refractivity contribution in [3.05, 3.63) is 0 Å². The Balaban J connectivity index is 2.84. The summed E-state index contributed by atoms with van der Waals surface area (Å²) in [6, 6.07) is 0. The molecule has 1 rings (SSSR count). The molecule has 0 saturated heterocycles. The van der Waals surface area contributed by atoms with E-state index in [2.05, 4.69) is 55.4 Å². The van der Waals surface area contributed by atoms with Crippen LogP contribution in [-0.4, -0.2) is 11.2 Å². The first-order valence-electron chi connectivity index (χ1n) is 6.66. The van der Waals surface area contributed by atoms with Crippen molar-refractivity contribution in [3.8, 4) is 0 Å². The predicted molar refractivity (Wildman–Crippen MR) is 70.3 cm³/mol. The molecule has 0 amide bonds. The Bertz CT molecular complexity index is 241. The van der Waals surface area contributed by atoms with Crippen LogP contribution < -0.4 is 0 Å². The lowest BCUT2D eigenvalue weighted by molar-refractivity contribution is 0.0117. The van der Waals surface area contributed by atoms with Gasteiger partial charge in [0.05, 0.1) is 6.10 Å². The van der Waals surface area contributed by atoms with Gasteiger partial charge in [-0.3, -0.25) is 0 Å². The van der Waals surface area contributed by atoms with Crippen molar-refractivity contribution in [2.75, 3.05) is 0 Å². The minimum atomic E-state index is -0.157. The molecular weight excluding hydrogens is 196 g/mol. The van der Waals surface area contributed by atoms with Gasteiger partial charge in [0.1, 0.15) is 0 Å². The molecular formula is C15H30O. The lowest BCUT2D eigenvalue weighted by atomic mass is 9.73. The Kier molecular flexibility index (Phi) is 3.27. The Labute approximate surface area is 102 Å². The van der Waals surface area contributed by atoms with Crippen molar-refractivity contribution in [1.82, 2.24) is 0 Å². The second-order valence-corrected chi connectivity index (χ2v) is 7.79. The highest BCUT2D eigenvalue weighted by Crippen LogP contribution is 2.70. The topological polar surface area (TPSA) is 20.2 Å². The smallest absolute Gasteiger partial charge is 0.0612 e. The van der Waals surface area contributed by atoms with Gasteiger partial charge in [0.2, 0.25) is 0 Å². The van der Waals surface area contributed by atoms with E-state index in [4.69, 9.17) is 0 Å². The maximum atomic E-state index is 10.7. The quantitative estimate of drug-likeness (QED) is 0.768. The van der Waals surface area contributed by atoms with Crippen LogP contribution in [0.15, 0.2) is 0 Å². The van der Waals surface area contributed by atoms with Gasteiger partial charge in [-0.05, 0) is 28.1 Å². The zero-order valence-corrected chi connectivity index (χ0v) is 12.4. The van der Waals surface area contributed by atoms with E-state index in [1.165, 1.54) is 0 Å². The molecule has 0 aromatic rings. The first kappa shape index (κ1) is 14.0. The van der Waals surface area contributed by atoms with Crippen molar-refractivity contribution in [3.63, 3.8) is 0 Å².